The van der Waals surface area contributed by atoms with E-state index in [0.29, 0.717) is 24.7 Å². The summed E-state index contributed by atoms with van der Waals surface area (Å²) in [6, 6.07) is 8.97. The van der Waals surface area contributed by atoms with Crippen molar-refractivity contribution in [1.82, 2.24) is 25.5 Å². The van der Waals surface area contributed by atoms with E-state index in [-0.39, 0.29) is 36.2 Å². The van der Waals surface area contributed by atoms with Crippen molar-refractivity contribution in [3.8, 4) is 0 Å². The molecule has 3 atom stereocenters. The highest BCUT2D eigenvalue weighted by Gasteiger charge is 2.32. The van der Waals surface area contributed by atoms with Crippen LogP contribution in [0.2, 0.25) is 0 Å². The average Bonchev–Trinajstić information content (AvgIpc) is 3.31. The summed E-state index contributed by atoms with van der Waals surface area (Å²) in [5, 5.41) is 5.76. The minimum absolute atomic E-state index is 0.0310. The van der Waals surface area contributed by atoms with Gasteiger partial charge in [0, 0.05) is 37.3 Å². The van der Waals surface area contributed by atoms with Crippen molar-refractivity contribution in [1.29, 1.82) is 0 Å². The van der Waals surface area contributed by atoms with Gasteiger partial charge in [0.1, 0.15) is 11.9 Å². The number of benzene rings is 1. The van der Waals surface area contributed by atoms with E-state index >= 15 is 0 Å². The van der Waals surface area contributed by atoms with Crippen LogP contribution in [0.15, 0.2) is 36.5 Å². The molecule has 1 unspecified atom stereocenters. The standard InChI is InChI=1S/C26H35N5O3/c1-17-7-6-12-31(17)24(33)15-22(30-23(32)14-20-10-11-20)26(34)28-18(2)25-27-16-21(29-25)13-19-8-4-3-5-9-19/h3-5,8-9,16-18,20,22H,6-7,10-15H2,1-2H3,(H,27,29)(H,28,34)(H,30,32)/t17-,18-,22?/m0/s1. The summed E-state index contributed by atoms with van der Waals surface area (Å²) in [4.78, 5) is 48.1. The third-order valence-electron chi connectivity index (χ3n) is 6.73. The van der Waals surface area contributed by atoms with Crippen LogP contribution in [0.25, 0.3) is 0 Å². The van der Waals surface area contributed by atoms with Crippen LogP contribution in [-0.2, 0) is 20.8 Å². The summed E-state index contributed by atoms with van der Waals surface area (Å²) in [5.41, 5.74) is 2.12. The number of nitrogens with one attached hydrogen (secondary N) is 3. The number of aromatic nitrogens is 2. The van der Waals surface area contributed by atoms with Gasteiger partial charge in [0.2, 0.25) is 17.7 Å². The van der Waals surface area contributed by atoms with Gasteiger partial charge in [-0.15, -0.1) is 0 Å². The van der Waals surface area contributed by atoms with Gasteiger partial charge in [-0.2, -0.15) is 0 Å². The maximum atomic E-state index is 13.2. The number of likely N-dealkylation sites (tertiary alicyclic amines) is 1. The molecule has 1 saturated heterocycles. The van der Waals surface area contributed by atoms with Gasteiger partial charge in [-0.05, 0) is 51.0 Å². The third-order valence-corrected chi connectivity index (χ3v) is 6.73. The van der Waals surface area contributed by atoms with Crippen molar-refractivity contribution in [2.24, 2.45) is 5.92 Å². The molecule has 1 aromatic carbocycles. The van der Waals surface area contributed by atoms with Gasteiger partial charge in [0.05, 0.1) is 12.5 Å². The van der Waals surface area contributed by atoms with E-state index in [2.05, 4.69) is 32.7 Å². The maximum Gasteiger partial charge on any atom is 0.243 e. The van der Waals surface area contributed by atoms with Crippen LogP contribution < -0.4 is 10.6 Å². The number of nitrogens with zero attached hydrogens (tertiary/aromatic N) is 2. The molecular formula is C26H35N5O3. The number of carbonyl (C=O) groups excluding carboxylic acids is 3. The van der Waals surface area contributed by atoms with Gasteiger partial charge in [-0.1, -0.05) is 30.3 Å². The number of amides is 3. The number of rotatable bonds is 10. The highest BCUT2D eigenvalue weighted by molar-refractivity contribution is 5.92. The van der Waals surface area contributed by atoms with Crippen LogP contribution >= 0.6 is 0 Å². The van der Waals surface area contributed by atoms with Gasteiger partial charge in [-0.25, -0.2) is 4.98 Å². The van der Waals surface area contributed by atoms with Gasteiger partial charge in [0.25, 0.3) is 0 Å². The smallest absolute Gasteiger partial charge is 0.243 e. The fourth-order valence-electron chi connectivity index (χ4n) is 4.53. The first-order valence-electron chi connectivity index (χ1n) is 12.4. The van der Waals surface area contributed by atoms with Gasteiger partial charge < -0.3 is 20.5 Å². The van der Waals surface area contributed by atoms with Crippen molar-refractivity contribution >= 4 is 17.7 Å². The molecule has 3 N–H and O–H groups in total. The fourth-order valence-corrected chi connectivity index (χ4v) is 4.53. The lowest BCUT2D eigenvalue weighted by Gasteiger charge is -2.25. The number of aromatic amines is 1. The molecule has 0 bridgehead atoms. The van der Waals surface area contributed by atoms with Gasteiger partial charge >= 0.3 is 0 Å². The Bertz CT molecular complexity index is 1000. The molecular weight excluding hydrogens is 430 g/mol. The second-order valence-electron chi connectivity index (χ2n) is 9.74. The zero-order chi connectivity index (χ0) is 24.1. The molecule has 1 saturated carbocycles. The highest BCUT2D eigenvalue weighted by Crippen LogP contribution is 2.32. The van der Waals surface area contributed by atoms with Crippen molar-refractivity contribution in [2.45, 2.75) is 76.9 Å². The second kappa shape index (κ2) is 10.8. The van der Waals surface area contributed by atoms with Crippen molar-refractivity contribution in [2.75, 3.05) is 6.54 Å². The zero-order valence-corrected chi connectivity index (χ0v) is 20.0. The molecule has 8 nitrogen and oxygen atoms in total. The molecule has 3 amide bonds. The van der Waals surface area contributed by atoms with Crippen LogP contribution in [0.4, 0.5) is 0 Å². The Morgan fingerprint density at radius 3 is 2.59 bits per heavy atom. The Morgan fingerprint density at radius 2 is 1.91 bits per heavy atom. The zero-order valence-electron chi connectivity index (χ0n) is 20.0. The van der Waals surface area contributed by atoms with Gasteiger partial charge in [0.15, 0.2) is 0 Å². The Labute approximate surface area is 200 Å². The first-order chi connectivity index (χ1) is 16.4. The summed E-state index contributed by atoms with van der Waals surface area (Å²) in [6.45, 7) is 4.57. The lowest BCUT2D eigenvalue weighted by molar-refractivity contribution is -0.137. The monoisotopic (exact) mass is 465 g/mol. The SMILES string of the molecule is C[C@H](NC(=O)C(CC(=O)N1CCC[C@@H]1C)NC(=O)CC1CC1)c1ncc(Cc2ccccc2)[nH]1. The molecule has 34 heavy (non-hydrogen) atoms. The Kier molecular flexibility index (Phi) is 7.65. The first kappa shape index (κ1) is 24.0. The van der Waals surface area contributed by atoms with E-state index in [4.69, 9.17) is 0 Å². The lowest BCUT2D eigenvalue weighted by Crippen LogP contribution is -2.50. The second-order valence-corrected chi connectivity index (χ2v) is 9.74. The summed E-state index contributed by atoms with van der Waals surface area (Å²) >= 11 is 0. The first-order valence-corrected chi connectivity index (χ1v) is 12.4. The Hall–Kier alpha value is -3.16. The minimum Gasteiger partial charge on any atom is -0.345 e. The largest absolute Gasteiger partial charge is 0.345 e. The van der Waals surface area contributed by atoms with E-state index in [1.54, 1.807) is 6.20 Å². The number of H-pyrrole nitrogens is 1. The Morgan fingerprint density at radius 1 is 1.15 bits per heavy atom. The summed E-state index contributed by atoms with van der Waals surface area (Å²) in [7, 11) is 0. The van der Waals surface area contributed by atoms with Crippen LogP contribution in [-0.4, -0.2) is 51.2 Å². The van der Waals surface area contributed by atoms with Crippen LogP contribution in [0.5, 0.6) is 0 Å². The highest BCUT2D eigenvalue weighted by atomic mass is 16.2. The molecule has 2 aliphatic rings. The molecule has 1 aliphatic heterocycles. The number of imidazole rings is 1. The van der Waals surface area contributed by atoms with E-state index < -0.39 is 6.04 Å². The van der Waals surface area contributed by atoms with Crippen LogP contribution in [0.1, 0.15) is 75.5 Å². The summed E-state index contributed by atoms with van der Waals surface area (Å²) < 4.78 is 0. The molecule has 1 aliphatic carbocycles. The topological polar surface area (TPSA) is 107 Å². The number of carbonyl (C=O) groups is 3. The summed E-state index contributed by atoms with van der Waals surface area (Å²) in [5.74, 6) is 0.427. The van der Waals surface area contributed by atoms with E-state index in [1.807, 2.05) is 36.9 Å². The molecule has 2 heterocycles. The van der Waals surface area contributed by atoms with Crippen LogP contribution in [0, 0.1) is 5.92 Å². The van der Waals surface area contributed by atoms with Crippen molar-refractivity contribution in [3.63, 3.8) is 0 Å². The maximum absolute atomic E-state index is 13.2. The lowest BCUT2D eigenvalue weighted by atomic mass is 10.1. The minimum atomic E-state index is -0.896. The molecule has 8 heteroatoms. The predicted octanol–water partition coefficient (Wildman–Crippen LogP) is 2.86. The van der Waals surface area contributed by atoms with Crippen molar-refractivity contribution < 1.29 is 14.4 Å². The third kappa shape index (κ3) is 6.46. The molecule has 1 aromatic heterocycles. The average molecular weight is 466 g/mol. The van der Waals surface area contributed by atoms with Crippen LogP contribution in [0.3, 0.4) is 0 Å². The van der Waals surface area contributed by atoms with E-state index in [9.17, 15) is 14.4 Å². The quantitative estimate of drug-likeness (QED) is 0.501. The summed E-state index contributed by atoms with van der Waals surface area (Å²) in [6.07, 6.45) is 6.92. The van der Waals surface area contributed by atoms with Crippen molar-refractivity contribution in [3.05, 3.63) is 53.6 Å². The number of hydrogen-bond acceptors (Lipinski definition) is 4. The molecule has 0 spiro atoms. The van der Waals surface area contributed by atoms with E-state index in [1.165, 1.54) is 5.56 Å². The molecule has 0 radical (unpaired) electrons. The molecule has 2 aromatic rings. The molecule has 182 valence electrons. The number of hydrogen-bond donors (Lipinski definition) is 3. The molecule has 4 rings (SSSR count). The predicted molar refractivity (Wildman–Crippen MR) is 129 cm³/mol. The molecule has 2 fully saturated rings. The normalized spacial score (nSPS) is 19.5. The van der Waals surface area contributed by atoms with Gasteiger partial charge in [-0.3, -0.25) is 14.4 Å². The Balaban J connectivity index is 1.38. The van der Waals surface area contributed by atoms with E-state index in [0.717, 1.165) is 37.8 Å². The fraction of sp³-hybridized carbons (Fsp3) is 0.538.